The van der Waals surface area contributed by atoms with Crippen LogP contribution in [-0.2, 0) is 0 Å². The lowest BCUT2D eigenvalue weighted by Gasteiger charge is -2.08. The minimum absolute atomic E-state index is 0.116. The zero-order chi connectivity index (χ0) is 8.69. The molecule has 1 N–H and O–H groups in total. The van der Waals surface area contributed by atoms with Gasteiger partial charge in [-0.15, -0.1) is 0 Å². The van der Waals surface area contributed by atoms with Gasteiger partial charge in [-0.3, -0.25) is 0 Å². The number of rotatable bonds is 6. The van der Waals surface area contributed by atoms with Crippen molar-refractivity contribution in [3.63, 3.8) is 0 Å². The molecule has 0 spiro atoms. The molecule has 0 rings (SSSR count). The van der Waals surface area contributed by atoms with E-state index in [9.17, 15) is 0 Å². The van der Waals surface area contributed by atoms with Crippen LogP contribution in [0.15, 0.2) is 0 Å². The highest BCUT2D eigenvalue weighted by molar-refractivity contribution is 4.50. The minimum Gasteiger partial charge on any atom is -0.393 e. The van der Waals surface area contributed by atoms with E-state index in [0.717, 1.165) is 12.8 Å². The zero-order valence-electron chi connectivity index (χ0n) is 8.01. The van der Waals surface area contributed by atoms with Gasteiger partial charge in [0.2, 0.25) is 0 Å². The average Bonchev–Trinajstić information content (AvgIpc) is 1.85. The van der Waals surface area contributed by atoms with Crippen LogP contribution in [0.1, 0.15) is 32.6 Å². The fraction of sp³-hybridized carbons (Fsp3) is 1.00. The second-order valence-electron chi connectivity index (χ2n) is 3.50. The Kier molecular flexibility index (Phi) is 6.57. The summed E-state index contributed by atoms with van der Waals surface area (Å²) >= 11 is 0. The molecule has 0 aliphatic carbocycles. The third-order valence-electron chi connectivity index (χ3n) is 1.73. The molecule has 2 nitrogen and oxygen atoms in total. The standard InChI is InChI=1S/C9H21NO/c1-9(11)7-5-4-6-8-10(2)3/h9,11H,4-8H2,1-3H3. The molecule has 0 saturated heterocycles. The van der Waals surface area contributed by atoms with Crippen molar-refractivity contribution in [3.8, 4) is 0 Å². The van der Waals surface area contributed by atoms with E-state index in [-0.39, 0.29) is 6.10 Å². The number of aliphatic hydroxyl groups excluding tert-OH is 1. The summed E-state index contributed by atoms with van der Waals surface area (Å²) in [5, 5.41) is 8.95. The Morgan fingerprint density at radius 3 is 2.27 bits per heavy atom. The predicted octanol–water partition coefficient (Wildman–Crippen LogP) is 1.49. The Morgan fingerprint density at radius 2 is 1.82 bits per heavy atom. The van der Waals surface area contributed by atoms with Crippen molar-refractivity contribution >= 4 is 0 Å². The molecule has 0 heterocycles. The largest absolute Gasteiger partial charge is 0.393 e. The lowest BCUT2D eigenvalue weighted by molar-refractivity contribution is 0.180. The van der Waals surface area contributed by atoms with Crippen molar-refractivity contribution in [2.75, 3.05) is 20.6 Å². The van der Waals surface area contributed by atoms with Gasteiger partial charge in [0.15, 0.2) is 0 Å². The van der Waals surface area contributed by atoms with Crippen molar-refractivity contribution < 1.29 is 5.11 Å². The summed E-state index contributed by atoms with van der Waals surface area (Å²) in [4.78, 5) is 2.20. The highest BCUT2D eigenvalue weighted by atomic mass is 16.3. The first kappa shape index (κ1) is 10.9. The minimum atomic E-state index is -0.116. The summed E-state index contributed by atoms with van der Waals surface area (Å²) < 4.78 is 0. The van der Waals surface area contributed by atoms with E-state index in [1.54, 1.807) is 0 Å². The third kappa shape index (κ3) is 9.92. The van der Waals surface area contributed by atoms with Crippen LogP contribution in [0.5, 0.6) is 0 Å². The second kappa shape index (κ2) is 6.62. The Labute approximate surface area is 70.2 Å². The quantitative estimate of drug-likeness (QED) is 0.593. The van der Waals surface area contributed by atoms with Crippen LogP contribution in [-0.4, -0.2) is 36.8 Å². The van der Waals surface area contributed by atoms with Crippen molar-refractivity contribution in [2.24, 2.45) is 0 Å². The number of nitrogens with zero attached hydrogens (tertiary/aromatic N) is 1. The molecule has 0 fully saturated rings. The predicted molar refractivity (Wildman–Crippen MR) is 48.7 cm³/mol. The molecule has 1 unspecified atom stereocenters. The smallest absolute Gasteiger partial charge is 0.0512 e. The molecular weight excluding hydrogens is 138 g/mol. The SMILES string of the molecule is CC(O)CCCCCN(C)C. The van der Waals surface area contributed by atoms with Crippen LogP contribution in [0, 0.1) is 0 Å². The third-order valence-corrected chi connectivity index (χ3v) is 1.73. The second-order valence-corrected chi connectivity index (χ2v) is 3.50. The molecule has 0 bridgehead atoms. The van der Waals surface area contributed by atoms with Crippen molar-refractivity contribution in [3.05, 3.63) is 0 Å². The first-order valence-electron chi connectivity index (χ1n) is 4.45. The molecule has 0 aromatic heterocycles. The summed E-state index contributed by atoms with van der Waals surface area (Å²) in [6.07, 6.45) is 4.48. The fourth-order valence-electron chi connectivity index (χ4n) is 1.04. The Bertz CT molecular complexity index is 71.6. The van der Waals surface area contributed by atoms with E-state index < -0.39 is 0 Å². The van der Waals surface area contributed by atoms with Crippen molar-refractivity contribution in [2.45, 2.75) is 38.7 Å². The molecule has 0 aliphatic rings. The van der Waals surface area contributed by atoms with Crippen LogP contribution in [0.4, 0.5) is 0 Å². The van der Waals surface area contributed by atoms with E-state index in [2.05, 4.69) is 19.0 Å². The van der Waals surface area contributed by atoms with Gasteiger partial charge in [0, 0.05) is 0 Å². The normalized spacial score (nSPS) is 13.9. The Morgan fingerprint density at radius 1 is 1.18 bits per heavy atom. The molecular formula is C9H21NO. The van der Waals surface area contributed by atoms with Crippen molar-refractivity contribution in [1.82, 2.24) is 4.90 Å². The first-order chi connectivity index (χ1) is 5.13. The van der Waals surface area contributed by atoms with Gasteiger partial charge < -0.3 is 10.0 Å². The van der Waals surface area contributed by atoms with Gasteiger partial charge in [-0.2, -0.15) is 0 Å². The van der Waals surface area contributed by atoms with Gasteiger partial charge in [0.1, 0.15) is 0 Å². The maximum absolute atomic E-state index is 8.95. The summed E-state index contributed by atoms with van der Waals surface area (Å²) in [5.41, 5.74) is 0. The molecule has 0 aromatic rings. The monoisotopic (exact) mass is 159 g/mol. The first-order valence-corrected chi connectivity index (χ1v) is 4.45. The van der Waals surface area contributed by atoms with Crippen LogP contribution in [0.25, 0.3) is 0 Å². The topological polar surface area (TPSA) is 23.5 Å². The van der Waals surface area contributed by atoms with E-state index in [0.29, 0.717) is 0 Å². The maximum atomic E-state index is 8.95. The molecule has 0 radical (unpaired) electrons. The van der Waals surface area contributed by atoms with E-state index in [4.69, 9.17) is 5.11 Å². The molecule has 68 valence electrons. The van der Waals surface area contributed by atoms with Gasteiger partial charge in [0.05, 0.1) is 6.10 Å². The van der Waals surface area contributed by atoms with E-state index >= 15 is 0 Å². The number of hydrogen-bond donors (Lipinski definition) is 1. The molecule has 11 heavy (non-hydrogen) atoms. The summed E-state index contributed by atoms with van der Waals surface area (Å²) in [6.45, 7) is 3.02. The van der Waals surface area contributed by atoms with Crippen LogP contribution in [0.3, 0.4) is 0 Å². The number of unbranched alkanes of at least 4 members (excludes halogenated alkanes) is 2. The highest BCUT2D eigenvalue weighted by Gasteiger charge is 1.95. The summed E-state index contributed by atoms with van der Waals surface area (Å²) in [5.74, 6) is 0. The van der Waals surface area contributed by atoms with Gasteiger partial charge in [-0.05, 0) is 40.4 Å². The maximum Gasteiger partial charge on any atom is 0.0512 e. The lowest BCUT2D eigenvalue weighted by Crippen LogP contribution is -2.12. The van der Waals surface area contributed by atoms with E-state index in [1.807, 2.05) is 6.92 Å². The molecule has 0 aromatic carbocycles. The Balaban J connectivity index is 2.91. The van der Waals surface area contributed by atoms with Crippen LogP contribution < -0.4 is 0 Å². The van der Waals surface area contributed by atoms with Gasteiger partial charge in [-0.25, -0.2) is 0 Å². The molecule has 1 atom stereocenters. The summed E-state index contributed by atoms with van der Waals surface area (Å²) in [6, 6.07) is 0. The summed E-state index contributed by atoms with van der Waals surface area (Å²) in [7, 11) is 4.18. The van der Waals surface area contributed by atoms with Crippen molar-refractivity contribution in [1.29, 1.82) is 0 Å². The van der Waals surface area contributed by atoms with E-state index in [1.165, 1.54) is 19.4 Å². The van der Waals surface area contributed by atoms with Gasteiger partial charge >= 0.3 is 0 Å². The molecule has 2 heteroatoms. The molecule has 0 amide bonds. The molecule has 0 saturated carbocycles. The average molecular weight is 159 g/mol. The van der Waals surface area contributed by atoms with Crippen LogP contribution in [0.2, 0.25) is 0 Å². The number of hydrogen-bond acceptors (Lipinski definition) is 2. The molecule has 0 aliphatic heterocycles. The van der Waals surface area contributed by atoms with Crippen LogP contribution >= 0.6 is 0 Å². The fourth-order valence-corrected chi connectivity index (χ4v) is 1.04. The zero-order valence-corrected chi connectivity index (χ0v) is 8.01. The van der Waals surface area contributed by atoms with Gasteiger partial charge in [0.25, 0.3) is 0 Å². The Hall–Kier alpha value is -0.0800. The van der Waals surface area contributed by atoms with Gasteiger partial charge in [-0.1, -0.05) is 12.8 Å². The lowest BCUT2D eigenvalue weighted by atomic mass is 10.1. The number of aliphatic hydroxyl groups is 1. The highest BCUT2D eigenvalue weighted by Crippen LogP contribution is 2.02.